The largest absolute Gasteiger partial charge is 0.113 e. The highest BCUT2D eigenvalue weighted by Crippen LogP contribution is 2.53. The van der Waals surface area contributed by atoms with Crippen LogP contribution in [0.15, 0.2) is 42.5 Å². The van der Waals surface area contributed by atoms with Gasteiger partial charge >= 0.3 is 0 Å². The quantitative estimate of drug-likeness (QED) is 0.647. The van der Waals surface area contributed by atoms with Gasteiger partial charge in [0.1, 0.15) is 7.85 Å². The third-order valence-electron chi connectivity index (χ3n) is 5.21. The van der Waals surface area contributed by atoms with Gasteiger partial charge < -0.3 is 0 Å². The van der Waals surface area contributed by atoms with Crippen LogP contribution in [0.4, 0.5) is 0 Å². The summed E-state index contributed by atoms with van der Waals surface area (Å²) in [5.74, 6) is 0. The van der Waals surface area contributed by atoms with E-state index >= 15 is 0 Å². The van der Waals surface area contributed by atoms with E-state index in [0.717, 1.165) is 5.46 Å². The van der Waals surface area contributed by atoms with Gasteiger partial charge in [-0.2, -0.15) is 0 Å². The van der Waals surface area contributed by atoms with Gasteiger partial charge in [-0.3, -0.25) is 0 Å². The zero-order chi connectivity index (χ0) is 15.6. The number of benzene rings is 2. The van der Waals surface area contributed by atoms with Gasteiger partial charge in [0, 0.05) is 5.41 Å². The Morgan fingerprint density at radius 2 is 1.45 bits per heavy atom. The van der Waals surface area contributed by atoms with Crippen LogP contribution in [0.5, 0.6) is 0 Å². The van der Waals surface area contributed by atoms with E-state index in [1.54, 1.807) is 0 Å². The first-order chi connectivity index (χ1) is 10.7. The zero-order valence-corrected chi connectivity index (χ0v) is 13.9. The molecule has 0 fully saturated rings. The van der Waals surface area contributed by atoms with E-state index in [-0.39, 0.29) is 5.41 Å². The second-order valence-electron chi connectivity index (χ2n) is 6.64. The third kappa shape index (κ3) is 2.41. The number of hydrogen-bond donors (Lipinski definition) is 0. The molecule has 0 spiro atoms. The van der Waals surface area contributed by atoms with Crippen LogP contribution in [-0.4, -0.2) is 7.85 Å². The summed E-state index contributed by atoms with van der Waals surface area (Å²) in [7, 11) is 6.14. The molecule has 0 saturated heterocycles. The van der Waals surface area contributed by atoms with Crippen LogP contribution in [0.1, 0.15) is 63.5 Å². The highest BCUT2D eigenvalue weighted by Gasteiger charge is 2.41. The molecule has 0 bridgehead atoms. The van der Waals surface area contributed by atoms with Gasteiger partial charge in [-0.05, 0) is 35.1 Å². The molecule has 1 aliphatic carbocycles. The third-order valence-corrected chi connectivity index (χ3v) is 5.21. The lowest BCUT2D eigenvalue weighted by molar-refractivity contribution is 0.414. The smallest absolute Gasteiger partial charge is 0.0963 e. The van der Waals surface area contributed by atoms with E-state index in [9.17, 15) is 0 Å². The van der Waals surface area contributed by atoms with Crippen LogP contribution in [0.2, 0.25) is 0 Å². The average molecular weight is 288 g/mol. The van der Waals surface area contributed by atoms with Crippen molar-refractivity contribution in [3.8, 4) is 11.1 Å². The molecule has 3 rings (SSSR count). The summed E-state index contributed by atoms with van der Waals surface area (Å²) in [6, 6.07) is 15.5. The van der Waals surface area contributed by atoms with Crippen LogP contribution in [0, 0.1) is 0 Å². The van der Waals surface area contributed by atoms with Crippen molar-refractivity contribution in [1.82, 2.24) is 0 Å². The molecule has 0 aromatic heterocycles. The van der Waals surface area contributed by atoms with Crippen molar-refractivity contribution in [2.75, 3.05) is 0 Å². The minimum Gasteiger partial charge on any atom is -0.0963 e. The first-order valence-electron chi connectivity index (χ1n) is 8.73. The Kier molecular flexibility index (Phi) is 4.43. The Labute approximate surface area is 136 Å². The molecule has 0 N–H and O–H groups in total. The fraction of sp³-hybridized carbons (Fsp3) is 0.429. The Morgan fingerprint density at radius 1 is 0.818 bits per heavy atom. The SMILES string of the molecule is [B]c1ccc2c(c1)C(CCCC)(CCCC)c1ccccc1-2. The highest BCUT2D eigenvalue weighted by molar-refractivity contribution is 6.32. The summed E-state index contributed by atoms with van der Waals surface area (Å²) in [5, 5.41) is 0. The molecule has 0 heterocycles. The van der Waals surface area contributed by atoms with E-state index < -0.39 is 0 Å². The normalized spacial score (nSPS) is 14.6. The zero-order valence-electron chi connectivity index (χ0n) is 13.9. The number of unbranched alkanes of at least 4 members (excludes halogenated alkanes) is 2. The van der Waals surface area contributed by atoms with E-state index in [1.165, 1.54) is 60.8 Å². The molecular formula is C21H25B. The average Bonchev–Trinajstić information content (AvgIpc) is 2.81. The Balaban J connectivity index is 2.20. The van der Waals surface area contributed by atoms with Crippen molar-refractivity contribution in [1.29, 1.82) is 0 Å². The Hall–Kier alpha value is -1.50. The summed E-state index contributed by atoms with van der Waals surface area (Å²) >= 11 is 0. The highest BCUT2D eigenvalue weighted by atomic mass is 14.4. The van der Waals surface area contributed by atoms with Gasteiger partial charge in [0.2, 0.25) is 0 Å². The van der Waals surface area contributed by atoms with E-state index in [2.05, 4.69) is 50.2 Å². The van der Waals surface area contributed by atoms with Gasteiger partial charge in [0.05, 0.1) is 0 Å². The molecule has 0 amide bonds. The van der Waals surface area contributed by atoms with E-state index in [0.29, 0.717) is 0 Å². The molecule has 0 unspecified atom stereocenters. The van der Waals surface area contributed by atoms with Crippen LogP contribution in [0.25, 0.3) is 11.1 Å². The van der Waals surface area contributed by atoms with Crippen molar-refractivity contribution in [3.05, 3.63) is 53.6 Å². The standard InChI is InChI=1S/C21H25B/c1-3-5-13-21(14-6-4-2)19-10-8-7-9-17(19)18-12-11-16(22)15-20(18)21/h7-12,15H,3-6,13-14H2,1-2H3. The van der Waals surface area contributed by atoms with Crippen LogP contribution in [0.3, 0.4) is 0 Å². The predicted octanol–water partition coefficient (Wildman–Crippen LogP) is 5.13. The lowest BCUT2D eigenvalue weighted by Crippen LogP contribution is -2.26. The van der Waals surface area contributed by atoms with Crippen molar-refractivity contribution >= 4 is 13.3 Å². The maximum Gasteiger partial charge on any atom is 0.113 e. The maximum atomic E-state index is 6.14. The summed E-state index contributed by atoms with van der Waals surface area (Å²) in [6.07, 6.45) is 7.49. The summed E-state index contributed by atoms with van der Waals surface area (Å²) < 4.78 is 0. The molecule has 2 aromatic carbocycles. The molecule has 0 atom stereocenters. The van der Waals surface area contributed by atoms with Gasteiger partial charge in [-0.15, -0.1) is 0 Å². The van der Waals surface area contributed by atoms with E-state index in [4.69, 9.17) is 7.85 Å². The topological polar surface area (TPSA) is 0 Å². The molecule has 0 saturated carbocycles. The number of fused-ring (bicyclic) bond motifs is 3. The van der Waals surface area contributed by atoms with Crippen LogP contribution in [-0.2, 0) is 5.41 Å². The van der Waals surface area contributed by atoms with Gasteiger partial charge in [-0.25, -0.2) is 0 Å². The second kappa shape index (κ2) is 6.32. The number of rotatable bonds is 6. The lowest BCUT2D eigenvalue weighted by Gasteiger charge is -2.32. The first-order valence-corrected chi connectivity index (χ1v) is 8.73. The maximum absolute atomic E-state index is 6.14. The molecule has 1 aliphatic rings. The minimum atomic E-state index is 0.174. The van der Waals surface area contributed by atoms with Gasteiger partial charge in [0.15, 0.2) is 0 Å². The predicted molar refractivity (Wildman–Crippen MR) is 97.1 cm³/mol. The lowest BCUT2D eigenvalue weighted by atomic mass is 9.70. The Bertz CT molecular complexity index is 649. The fourth-order valence-electron chi connectivity index (χ4n) is 4.09. The molecule has 2 aromatic rings. The van der Waals surface area contributed by atoms with Crippen molar-refractivity contribution < 1.29 is 0 Å². The molecule has 0 nitrogen and oxygen atoms in total. The second-order valence-corrected chi connectivity index (χ2v) is 6.64. The fourth-order valence-corrected chi connectivity index (χ4v) is 4.09. The summed E-state index contributed by atoms with van der Waals surface area (Å²) in [4.78, 5) is 0. The van der Waals surface area contributed by atoms with Crippen molar-refractivity contribution in [3.63, 3.8) is 0 Å². The number of hydrogen-bond acceptors (Lipinski definition) is 0. The molecule has 22 heavy (non-hydrogen) atoms. The molecule has 1 heteroatoms. The first kappa shape index (κ1) is 15.4. The Morgan fingerprint density at radius 3 is 2.14 bits per heavy atom. The van der Waals surface area contributed by atoms with Crippen LogP contribution >= 0.6 is 0 Å². The van der Waals surface area contributed by atoms with Gasteiger partial charge in [0.25, 0.3) is 0 Å². The van der Waals surface area contributed by atoms with Crippen LogP contribution < -0.4 is 5.46 Å². The molecule has 0 aliphatic heterocycles. The van der Waals surface area contributed by atoms with E-state index in [1.807, 2.05) is 6.07 Å². The van der Waals surface area contributed by atoms with Crippen molar-refractivity contribution in [2.24, 2.45) is 0 Å². The minimum absolute atomic E-state index is 0.174. The summed E-state index contributed by atoms with van der Waals surface area (Å²) in [6.45, 7) is 4.57. The van der Waals surface area contributed by atoms with Crippen molar-refractivity contribution in [2.45, 2.75) is 57.8 Å². The summed E-state index contributed by atoms with van der Waals surface area (Å²) in [5.41, 5.74) is 6.88. The molecule has 112 valence electrons. The molecular weight excluding hydrogens is 263 g/mol. The van der Waals surface area contributed by atoms with Gasteiger partial charge in [-0.1, -0.05) is 87.5 Å². The monoisotopic (exact) mass is 288 g/mol. The molecule has 2 radical (unpaired) electrons.